The maximum absolute atomic E-state index is 10.4. The molecule has 9 heavy (non-hydrogen) atoms. The molecule has 1 aliphatic heterocycles. The largest absolute Gasteiger partial charge is 0.489 e. The summed E-state index contributed by atoms with van der Waals surface area (Å²) in [6, 6.07) is 0. The molecule has 0 unspecified atom stereocenters. The van der Waals surface area contributed by atoms with Gasteiger partial charge in [0.15, 0.2) is 5.78 Å². The fourth-order valence-corrected chi connectivity index (χ4v) is 0.647. The average Bonchev–Trinajstić information content (AvgIpc) is 2.15. The van der Waals surface area contributed by atoms with Gasteiger partial charge in [-0.25, -0.2) is 0 Å². The van der Waals surface area contributed by atoms with Gasteiger partial charge in [0.05, 0.1) is 0 Å². The Hall–Kier alpha value is -1.05. The van der Waals surface area contributed by atoms with Crippen LogP contribution in [0.5, 0.6) is 0 Å². The predicted molar refractivity (Wildman–Crippen MR) is 33.9 cm³/mol. The highest BCUT2D eigenvalue weighted by molar-refractivity contribution is 5.88. The summed E-state index contributed by atoms with van der Waals surface area (Å²) in [5.74, 6) is 0.694. The van der Waals surface area contributed by atoms with Crippen molar-refractivity contribution in [1.82, 2.24) is 0 Å². The molecule has 0 aromatic carbocycles. The lowest BCUT2D eigenvalue weighted by Crippen LogP contribution is -1.86. The standard InChI is InChI=1S/C7H8O2/c1-6(8)5-7-3-2-4-9-7/h2-3,5H,4H2,1H3/b7-5+. The van der Waals surface area contributed by atoms with Crippen LogP contribution in [-0.4, -0.2) is 12.4 Å². The Balaban J connectivity index is 2.61. The van der Waals surface area contributed by atoms with Gasteiger partial charge >= 0.3 is 0 Å². The summed E-state index contributed by atoms with van der Waals surface area (Å²) in [6.07, 6.45) is 5.14. The van der Waals surface area contributed by atoms with E-state index >= 15 is 0 Å². The summed E-state index contributed by atoms with van der Waals surface area (Å²) >= 11 is 0. The first kappa shape index (κ1) is 6.08. The Morgan fingerprint density at radius 2 is 2.67 bits per heavy atom. The van der Waals surface area contributed by atoms with Crippen LogP contribution in [-0.2, 0) is 9.53 Å². The third-order valence-corrected chi connectivity index (χ3v) is 0.974. The molecule has 0 saturated heterocycles. The van der Waals surface area contributed by atoms with Crippen LogP contribution in [0.3, 0.4) is 0 Å². The van der Waals surface area contributed by atoms with E-state index in [-0.39, 0.29) is 5.78 Å². The molecule has 0 amide bonds. The molecular formula is C7H8O2. The van der Waals surface area contributed by atoms with E-state index in [4.69, 9.17) is 4.74 Å². The lowest BCUT2D eigenvalue weighted by Gasteiger charge is -1.92. The zero-order valence-corrected chi connectivity index (χ0v) is 5.26. The van der Waals surface area contributed by atoms with Crippen molar-refractivity contribution in [2.45, 2.75) is 6.92 Å². The normalized spacial score (nSPS) is 20.3. The molecular weight excluding hydrogens is 116 g/mol. The molecule has 2 heteroatoms. The van der Waals surface area contributed by atoms with Crippen molar-refractivity contribution in [3.63, 3.8) is 0 Å². The van der Waals surface area contributed by atoms with Gasteiger partial charge in [-0.1, -0.05) is 0 Å². The zero-order valence-electron chi connectivity index (χ0n) is 5.26. The number of allylic oxidation sites excluding steroid dienone is 2. The van der Waals surface area contributed by atoms with E-state index in [1.807, 2.05) is 6.08 Å². The topological polar surface area (TPSA) is 26.3 Å². The molecule has 48 valence electrons. The monoisotopic (exact) mass is 124 g/mol. The molecule has 0 spiro atoms. The minimum atomic E-state index is 0.0246. The van der Waals surface area contributed by atoms with Crippen molar-refractivity contribution < 1.29 is 9.53 Å². The van der Waals surface area contributed by atoms with Crippen molar-refractivity contribution in [2.75, 3.05) is 6.61 Å². The molecule has 0 aromatic rings. The Morgan fingerprint density at radius 3 is 3.11 bits per heavy atom. The summed E-state index contributed by atoms with van der Waals surface area (Å²) in [5, 5.41) is 0. The van der Waals surface area contributed by atoms with Gasteiger partial charge in [0, 0.05) is 6.08 Å². The first-order chi connectivity index (χ1) is 4.29. The van der Waals surface area contributed by atoms with Gasteiger partial charge in [0.25, 0.3) is 0 Å². The SMILES string of the molecule is CC(=O)/C=C1\C=CCO1. The van der Waals surface area contributed by atoms with Crippen LogP contribution in [0, 0.1) is 0 Å². The zero-order chi connectivity index (χ0) is 6.69. The number of rotatable bonds is 1. The number of ether oxygens (including phenoxy) is 1. The molecule has 0 bridgehead atoms. The van der Waals surface area contributed by atoms with Crippen LogP contribution in [0.25, 0.3) is 0 Å². The minimum Gasteiger partial charge on any atom is -0.489 e. The molecule has 0 fully saturated rings. The highest BCUT2D eigenvalue weighted by Gasteiger charge is 1.98. The molecule has 1 heterocycles. The van der Waals surface area contributed by atoms with Crippen LogP contribution in [0.2, 0.25) is 0 Å². The number of carbonyl (C=O) groups is 1. The van der Waals surface area contributed by atoms with E-state index < -0.39 is 0 Å². The van der Waals surface area contributed by atoms with Crippen LogP contribution >= 0.6 is 0 Å². The van der Waals surface area contributed by atoms with Crippen LogP contribution < -0.4 is 0 Å². The molecule has 0 aromatic heterocycles. The molecule has 0 saturated carbocycles. The minimum absolute atomic E-state index is 0.0246. The molecule has 0 N–H and O–H groups in total. The number of hydrogen-bond donors (Lipinski definition) is 0. The summed E-state index contributed by atoms with van der Waals surface area (Å²) < 4.78 is 4.99. The summed E-state index contributed by atoms with van der Waals surface area (Å²) in [5.41, 5.74) is 0. The maximum Gasteiger partial charge on any atom is 0.156 e. The highest BCUT2D eigenvalue weighted by atomic mass is 16.5. The molecule has 0 atom stereocenters. The second-order valence-electron chi connectivity index (χ2n) is 1.87. The highest BCUT2D eigenvalue weighted by Crippen LogP contribution is 2.06. The van der Waals surface area contributed by atoms with E-state index in [2.05, 4.69) is 0 Å². The Labute approximate surface area is 53.8 Å². The van der Waals surface area contributed by atoms with E-state index in [1.165, 1.54) is 13.0 Å². The predicted octanol–water partition coefficient (Wildman–Crippen LogP) is 1.05. The van der Waals surface area contributed by atoms with Crippen molar-refractivity contribution in [2.24, 2.45) is 0 Å². The Bertz CT molecular complexity index is 177. The van der Waals surface area contributed by atoms with Gasteiger partial charge in [-0.05, 0) is 19.1 Å². The average molecular weight is 124 g/mol. The van der Waals surface area contributed by atoms with Crippen molar-refractivity contribution in [3.05, 3.63) is 24.0 Å². The Morgan fingerprint density at radius 1 is 1.89 bits per heavy atom. The Kier molecular flexibility index (Phi) is 1.68. The summed E-state index contributed by atoms with van der Waals surface area (Å²) in [6.45, 7) is 2.10. The van der Waals surface area contributed by atoms with Crippen molar-refractivity contribution in [1.29, 1.82) is 0 Å². The van der Waals surface area contributed by atoms with Crippen LogP contribution in [0.1, 0.15) is 6.92 Å². The summed E-state index contributed by atoms with van der Waals surface area (Å²) in [7, 11) is 0. The molecule has 0 radical (unpaired) electrons. The summed E-state index contributed by atoms with van der Waals surface area (Å²) in [4.78, 5) is 10.4. The van der Waals surface area contributed by atoms with Crippen molar-refractivity contribution >= 4 is 5.78 Å². The van der Waals surface area contributed by atoms with Gasteiger partial charge in [0.2, 0.25) is 0 Å². The van der Waals surface area contributed by atoms with E-state index in [0.29, 0.717) is 12.4 Å². The van der Waals surface area contributed by atoms with Crippen LogP contribution in [0.15, 0.2) is 24.0 Å². The van der Waals surface area contributed by atoms with E-state index in [1.54, 1.807) is 6.08 Å². The van der Waals surface area contributed by atoms with Gasteiger partial charge in [-0.3, -0.25) is 4.79 Å². The second-order valence-corrected chi connectivity index (χ2v) is 1.87. The molecule has 2 nitrogen and oxygen atoms in total. The molecule has 1 rings (SSSR count). The number of carbonyl (C=O) groups excluding carboxylic acids is 1. The first-order valence-electron chi connectivity index (χ1n) is 2.80. The molecule has 0 aliphatic carbocycles. The fraction of sp³-hybridized carbons (Fsp3) is 0.286. The first-order valence-corrected chi connectivity index (χ1v) is 2.80. The van der Waals surface area contributed by atoms with Gasteiger partial charge in [-0.15, -0.1) is 0 Å². The van der Waals surface area contributed by atoms with Gasteiger partial charge < -0.3 is 4.74 Å². The van der Waals surface area contributed by atoms with Crippen LogP contribution in [0.4, 0.5) is 0 Å². The van der Waals surface area contributed by atoms with E-state index in [0.717, 1.165) is 0 Å². The number of ketones is 1. The lowest BCUT2D eigenvalue weighted by atomic mass is 10.3. The van der Waals surface area contributed by atoms with E-state index in [9.17, 15) is 4.79 Å². The lowest BCUT2D eigenvalue weighted by molar-refractivity contribution is -0.112. The third kappa shape index (κ3) is 1.72. The smallest absolute Gasteiger partial charge is 0.156 e. The second kappa shape index (κ2) is 2.49. The third-order valence-electron chi connectivity index (χ3n) is 0.974. The van der Waals surface area contributed by atoms with Crippen molar-refractivity contribution in [3.8, 4) is 0 Å². The fourth-order valence-electron chi connectivity index (χ4n) is 0.647. The number of hydrogen-bond acceptors (Lipinski definition) is 2. The molecule has 1 aliphatic rings. The maximum atomic E-state index is 10.4. The quantitative estimate of drug-likeness (QED) is 0.488. The van der Waals surface area contributed by atoms with Gasteiger partial charge in [0.1, 0.15) is 12.4 Å². The van der Waals surface area contributed by atoms with Gasteiger partial charge in [-0.2, -0.15) is 0 Å².